The second-order valence-electron chi connectivity index (χ2n) is 6.11. The summed E-state index contributed by atoms with van der Waals surface area (Å²) in [5.74, 6) is -0.0764. The predicted octanol–water partition coefficient (Wildman–Crippen LogP) is 3.36. The highest BCUT2D eigenvalue weighted by Crippen LogP contribution is 2.34. The van der Waals surface area contributed by atoms with Crippen LogP contribution >= 0.6 is 0 Å². The van der Waals surface area contributed by atoms with Gasteiger partial charge >= 0.3 is 6.18 Å². The Bertz CT molecular complexity index is 788. The van der Waals surface area contributed by atoms with Crippen molar-refractivity contribution in [1.29, 1.82) is 0 Å². The minimum atomic E-state index is -4.52. The Hall–Kier alpha value is -2.71. The number of nitrogens with one attached hydrogen (secondary N) is 1. The highest BCUT2D eigenvalue weighted by molar-refractivity contribution is 5.73. The number of aromatic nitrogens is 3. The van der Waals surface area contributed by atoms with E-state index in [1.807, 2.05) is 0 Å². The number of piperidine rings is 1. The number of alkyl halides is 3. The van der Waals surface area contributed by atoms with Crippen LogP contribution in [0.15, 0.2) is 30.6 Å². The molecule has 6 nitrogen and oxygen atoms in total. The van der Waals surface area contributed by atoms with Crippen molar-refractivity contribution in [1.82, 2.24) is 19.9 Å². The van der Waals surface area contributed by atoms with Gasteiger partial charge < -0.3 is 10.2 Å². The Labute approximate surface area is 148 Å². The van der Waals surface area contributed by atoms with Crippen molar-refractivity contribution in [2.24, 2.45) is 0 Å². The van der Waals surface area contributed by atoms with E-state index in [0.717, 1.165) is 24.6 Å². The van der Waals surface area contributed by atoms with E-state index in [0.29, 0.717) is 13.1 Å². The summed E-state index contributed by atoms with van der Waals surface area (Å²) in [7, 11) is 0. The monoisotopic (exact) mass is 365 g/mol. The zero-order valence-electron chi connectivity index (χ0n) is 14.1. The molecule has 1 amide bonds. The molecular weight excluding hydrogens is 347 g/mol. The van der Waals surface area contributed by atoms with Crippen molar-refractivity contribution in [3.8, 4) is 0 Å². The number of anilines is 2. The van der Waals surface area contributed by atoms with Gasteiger partial charge in [0, 0.05) is 44.0 Å². The van der Waals surface area contributed by atoms with Crippen molar-refractivity contribution in [3.05, 3.63) is 41.9 Å². The number of likely N-dealkylation sites (tertiary alicyclic amines) is 1. The molecule has 3 rings (SSSR count). The van der Waals surface area contributed by atoms with Crippen LogP contribution in [0, 0.1) is 0 Å². The summed E-state index contributed by atoms with van der Waals surface area (Å²) >= 11 is 0. The molecule has 1 saturated heterocycles. The number of carbonyl (C=O) groups excluding carboxylic acids is 1. The highest BCUT2D eigenvalue weighted by Gasteiger charge is 2.34. The van der Waals surface area contributed by atoms with Crippen LogP contribution < -0.4 is 5.32 Å². The van der Waals surface area contributed by atoms with Gasteiger partial charge in [-0.2, -0.15) is 13.2 Å². The Morgan fingerprint density at radius 1 is 1.19 bits per heavy atom. The van der Waals surface area contributed by atoms with Gasteiger partial charge in [0.05, 0.1) is 5.56 Å². The largest absolute Gasteiger partial charge is 0.419 e. The van der Waals surface area contributed by atoms with Gasteiger partial charge in [-0.25, -0.2) is 15.0 Å². The summed E-state index contributed by atoms with van der Waals surface area (Å²) in [4.78, 5) is 25.3. The van der Waals surface area contributed by atoms with Crippen LogP contribution in [-0.4, -0.2) is 38.8 Å². The van der Waals surface area contributed by atoms with E-state index in [4.69, 9.17) is 0 Å². The molecule has 2 aromatic heterocycles. The van der Waals surface area contributed by atoms with Gasteiger partial charge in [-0.05, 0) is 31.0 Å². The lowest BCUT2D eigenvalue weighted by Gasteiger charge is -2.31. The third kappa shape index (κ3) is 4.09. The first kappa shape index (κ1) is 18.1. The smallest absolute Gasteiger partial charge is 0.343 e. The van der Waals surface area contributed by atoms with Gasteiger partial charge in [-0.1, -0.05) is 0 Å². The third-order valence-electron chi connectivity index (χ3n) is 4.38. The summed E-state index contributed by atoms with van der Waals surface area (Å²) in [6.45, 7) is 2.83. The predicted molar refractivity (Wildman–Crippen MR) is 88.8 cm³/mol. The Balaban J connectivity index is 1.76. The van der Waals surface area contributed by atoms with E-state index in [2.05, 4.69) is 20.3 Å². The quantitative estimate of drug-likeness (QED) is 0.903. The van der Waals surface area contributed by atoms with Crippen LogP contribution in [0.1, 0.15) is 36.9 Å². The Morgan fingerprint density at radius 3 is 2.58 bits per heavy atom. The Kier molecular flexibility index (Phi) is 5.06. The second-order valence-corrected chi connectivity index (χ2v) is 6.11. The molecule has 1 aliphatic rings. The van der Waals surface area contributed by atoms with Gasteiger partial charge in [-0.15, -0.1) is 0 Å². The fourth-order valence-corrected chi connectivity index (χ4v) is 2.99. The maximum atomic E-state index is 13.1. The lowest BCUT2D eigenvalue weighted by Crippen LogP contribution is -2.36. The molecule has 26 heavy (non-hydrogen) atoms. The molecular formula is C17H18F3N5O. The van der Waals surface area contributed by atoms with E-state index in [-0.39, 0.29) is 23.6 Å². The third-order valence-corrected chi connectivity index (χ3v) is 4.38. The SMILES string of the molecule is CC(=O)N1CCC(c2ccnc(Nc3ncccc3C(F)(F)F)n2)CC1. The molecule has 0 aromatic carbocycles. The standard InChI is InChI=1S/C17H18F3N5O/c1-11(26)25-9-5-12(6-10-25)14-4-8-22-16(23-14)24-15-13(17(18,19)20)3-2-7-21-15/h2-4,7-8,12H,5-6,9-10H2,1H3,(H,21,22,23,24). The maximum absolute atomic E-state index is 13.1. The van der Waals surface area contributed by atoms with Gasteiger partial charge in [0.15, 0.2) is 0 Å². The fraction of sp³-hybridized carbons (Fsp3) is 0.412. The maximum Gasteiger partial charge on any atom is 0.419 e. The molecule has 1 aliphatic heterocycles. The lowest BCUT2D eigenvalue weighted by molar-refractivity contribution is -0.137. The molecule has 2 aromatic rings. The van der Waals surface area contributed by atoms with Crippen LogP contribution in [-0.2, 0) is 11.0 Å². The molecule has 138 valence electrons. The van der Waals surface area contributed by atoms with Gasteiger partial charge in [-0.3, -0.25) is 4.79 Å². The topological polar surface area (TPSA) is 71.0 Å². The number of nitrogens with zero attached hydrogens (tertiary/aromatic N) is 4. The normalized spacial score (nSPS) is 15.8. The van der Waals surface area contributed by atoms with Gasteiger partial charge in [0.2, 0.25) is 11.9 Å². The van der Waals surface area contributed by atoms with E-state index in [1.54, 1.807) is 11.0 Å². The van der Waals surface area contributed by atoms with Crippen molar-refractivity contribution in [2.45, 2.75) is 31.9 Å². The minimum Gasteiger partial charge on any atom is -0.343 e. The summed E-state index contributed by atoms with van der Waals surface area (Å²) in [5.41, 5.74) is -0.126. The molecule has 3 heterocycles. The number of hydrogen-bond donors (Lipinski definition) is 1. The van der Waals surface area contributed by atoms with Gasteiger partial charge in [0.25, 0.3) is 0 Å². The summed E-state index contributed by atoms with van der Waals surface area (Å²) in [5, 5.41) is 2.57. The number of rotatable bonds is 3. The van der Waals surface area contributed by atoms with Crippen molar-refractivity contribution < 1.29 is 18.0 Å². The second kappa shape index (κ2) is 7.27. The number of halogens is 3. The molecule has 0 aliphatic carbocycles. The average molecular weight is 365 g/mol. The zero-order chi connectivity index (χ0) is 18.7. The minimum absolute atomic E-state index is 0.0447. The first-order chi connectivity index (χ1) is 12.3. The molecule has 0 saturated carbocycles. The molecule has 9 heteroatoms. The molecule has 1 fully saturated rings. The molecule has 0 bridgehead atoms. The van der Waals surface area contributed by atoms with Crippen LogP contribution in [0.25, 0.3) is 0 Å². The number of pyridine rings is 1. The van der Waals surface area contributed by atoms with E-state index in [1.165, 1.54) is 25.4 Å². The van der Waals surface area contributed by atoms with E-state index in [9.17, 15) is 18.0 Å². The van der Waals surface area contributed by atoms with E-state index < -0.39 is 11.7 Å². The molecule has 0 atom stereocenters. The van der Waals surface area contributed by atoms with E-state index >= 15 is 0 Å². The highest BCUT2D eigenvalue weighted by atomic mass is 19.4. The summed E-state index contributed by atoms with van der Waals surface area (Å²) in [6, 6.07) is 3.94. The van der Waals surface area contributed by atoms with Crippen molar-refractivity contribution in [2.75, 3.05) is 18.4 Å². The first-order valence-electron chi connectivity index (χ1n) is 8.22. The first-order valence-corrected chi connectivity index (χ1v) is 8.22. The summed E-state index contributed by atoms with van der Waals surface area (Å²) in [6.07, 6.45) is -0.217. The van der Waals surface area contributed by atoms with Crippen molar-refractivity contribution >= 4 is 17.7 Å². The van der Waals surface area contributed by atoms with Crippen LogP contribution in [0.3, 0.4) is 0 Å². The van der Waals surface area contributed by atoms with Gasteiger partial charge in [0.1, 0.15) is 5.82 Å². The molecule has 0 unspecified atom stereocenters. The number of hydrogen-bond acceptors (Lipinski definition) is 5. The molecule has 1 N–H and O–H groups in total. The fourth-order valence-electron chi connectivity index (χ4n) is 2.99. The zero-order valence-corrected chi connectivity index (χ0v) is 14.1. The van der Waals surface area contributed by atoms with Crippen molar-refractivity contribution in [3.63, 3.8) is 0 Å². The Morgan fingerprint density at radius 2 is 1.92 bits per heavy atom. The molecule has 0 radical (unpaired) electrons. The van der Waals surface area contributed by atoms with Crippen LogP contribution in [0.2, 0.25) is 0 Å². The van der Waals surface area contributed by atoms with Crippen LogP contribution in [0.5, 0.6) is 0 Å². The number of amides is 1. The number of carbonyl (C=O) groups is 1. The van der Waals surface area contributed by atoms with Crippen LogP contribution in [0.4, 0.5) is 24.9 Å². The summed E-state index contributed by atoms with van der Waals surface area (Å²) < 4.78 is 39.2. The molecule has 0 spiro atoms. The average Bonchev–Trinajstić information content (AvgIpc) is 2.61. The lowest BCUT2D eigenvalue weighted by atomic mass is 9.93.